The van der Waals surface area contributed by atoms with Crippen molar-refractivity contribution >= 4 is 21.6 Å². The molecule has 2 aromatic rings. The molecule has 4 heteroatoms. The monoisotopic (exact) mass is 335 g/mol. The number of anilines is 1. The molecule has 2 rings (SSSR count). The second-order valence-corrected chi connectivity index (χ2v) is 5.05. The minimum Gasteiger partial charge on any atom is -0.490 e. The van der Waals surface area contributed by atoms with Gasteiger partial charge in [-0.2, -0.15) is 0 Å². The van der Waals surface area contributed by atoms with Crippen molar-refractivity contribution in [2.45, 2.75) is 6.54 Å². The fraction of sp³-hybridized carbons (Fsp3) is 0.125. The molecule has 0 aliphatic carbocycles. The molecule has 20 heavy (non-hydrogen) atoms. The second kappa shape index (κ2) is 7.10. The van der Waals surface area contributed by atoms with Gasteiger partial charge in [-0.15, -0.1) is 0 Å². The van der Waals surface area contributed by atoms with Gasteiger partial charge in [0.2, 0.25) is 0 Å². The Kier molecular flexibility index (Phi) is 5.18. The Balaban J connectivity index is 1.98. The van der Waals surface area contributed by atoms with Gasteiger partial charge >= 0.3 is 0 Å². The van der Waals surface area contributed by atoms with Gasteiger partial charge in [0.15, 0.2) is 0 Å². The van der Waals surface area contributed by atoms with Gasteiger partial charge < -0.3 is 10.1 Å². The normalized spacial score (nSPS) is 10.1. The zero-order chi connectivity index (χ0) is 14.4. The molecule has 0 radical (unpaired) electrons. The van der Waals surface area contributed by atoms with E-state index in [2.05, 4.69) is 27.8 Å². The van der Waals surface area contributed by atoms with Gasteiger partial charge in [-0.05, 0) is 45.8 Å². The Morgan fingerprint density at radius 1 is 1.20 bits per heavy atom. The van der Waals surface area contributed by atoms with Crippen LogP contribution in [0.25, 0.3) is 0 Å². The van der Waals surface area contributed by atoms with Crippen molar-refractivity contribution < 1.29 is 9.13 Å². The summed E-state index contributed by atoms with van der Waals surface area (Å²) in [5.74, 6) is 0.519. The van der Waals surface area contributed by atoms with Crippen LogP contribution in [0.3, 0.4) is 0 Å². The maximum atomic E-state index is 13.6. The van der Waals surface area contributed by atoms with E-state index in [4.69, 9.17) is 4.74 Å². The van der Waals surface area contributed by atoms with Gasteiger partial charge in [-0.25, -0.2) is 4.39 Å². The molecule has 0 saturated heterocycles. The van der Waals surface area contributed by atoms with Gasteiger partial charge in [-0.3, -0.25) is 0 Å². The Morgan fingerprint density at radius 2 is 1.95 bits per heavy atom. The number of ether oxygens (including phenoxy) is 1. The molecular weight excluding hydrogens is 321 g/mol. The zero-order valence-corrected chi connectivity index (χ0v) is 12.5. The standard InChI is InChI=1S/C16H15BrFNO/c1-2-10-20-13-8-6-12(7-9-13)11-19-16-14(17)4-3-5-15(16)18/h2-9,19H,1,10-11H2. The van der Waals surface area contributed by atoms with E-state index < -0.39 is 0 Å². The summed E-state index contributed by atoms with van der Waals surface area (Å²) in [7, 11) is 0. The first-order valence-corrected chi connectivity index (χ1v) is 7.00. The molecule has 0 fully saturated rings. The molecular formula is C16H15BrFNO. The van der Waals surface area contributed by atoms with Crippen LogP contribution in [0.1, 0.15) is 5.56 Å². The van der Waals surface area contributed by atoms with Crippen LogP contribution in [0.4, 0.5) is 10.1 Å². The van der Waals surface area contributed by atoms with Crippen molar-refractivity contribution in [2.75, 3.05) is 11.9 Å². The van der Waals surface area contributed by atoms with Crippen LogP contribution < -0.4 is 10.1 Å². The maximum Gasteiger partial charge on any atom is 0.147 e. The van der Waals surface area contributed by atoms with E-state index >= 15 is 0 Å². The molecule has 0 spiro atoms. The van der Waals surface area contributed by atoms with Crippen molar-refractivity contribution in [3.05, 3.63) is 71.0 Å². The molecule has 104 valence electrons. The largest absolute Gasteiger partial charge is 0.490 e. The van der Waals surface area contributed by atoms with Gasteiger partial charge in [0, 0.05) is 11.0 Å². The van der Waals surface area contributed by atoms with Crippen molar-refractivity contribution in [3.8, 4) is 5.75 Å². The number of hydrogen-bond acceptors (Lipinski definition) is 2. The molecule has 0 bridgehead atoms. The molecule has 2 aromatic carbocycles. The predicted molar refractivity (Wildman–Crippen MR) is 83.6 cm³/mol. The van der Waals surface area contributed by atoms with Crippen LogP contribution in [-0.4, -0.2) is 6.61 Å². The van der Waals surface area contributed by atoms with Crippen LogP contribution >= 0.6 is 15.9 Å². The third-order valence-corrected chi connectivity index (χ3v) is 3.38. The highest BCUT2D eigenvalue weighted by atomic mass is 79.9. The summed E-state index contributed by atoms with van der Waals surface area (Å²) in [6, 6.07) is 12.6. The lowest BCUT2D eigenvalue weighted by atomic mass is 10.2. The summed E-state index contributed by atoms with van der Waals surface area (Å²) >= 11 is 3.33. The van der Waals surface area contributed by atoms with Gasteiger partial charge in [0.1, 0.15) is 18.2 Å². The van der Waals surface area contributed by atoms with Crippen LogP contribution in [0.15, 0.2) is 59.6 Å². The smallest absolute Gasteiger partial charge is 0.147 e. The Bertz CT molecular complexity index is 563. The van der Waals surface area contributed by atoms with E-state index in [-0.39, 0.29) is 5.82 Å². The second-order valence-electron chi connectivity index (χ2n) is 4.19. The molecule has 0 amide bonds. The van der Waals surface area contributed by atoms with E-state index in [1.54, 1.807) is 18.2 Å². The number of para-hydroxylation sites is 1. The lowest BCUT2D eigenvalue weighted by Crippen LogP contribution is -2.02. The quantitative estimate of drug-likeness (QED) is 0.768. The van der Waals surface area contributed by atoms with E-state index in [0.717, 1.165) is 11.3 Å². The van der Waals surface area contributed by atoms with E-state index in [0.29, 0.717) is 23.3 Å². The SMILES string of the molecule is C=CCOc1ccc(CNc2c(F)cccc2Br)cc1. The maximum absolute atomic E-state index is 13.6. The lowest BCUT2D eigenvalue weighted by Gasteiger charge is -2.10. The first-order valence-electron chi connectivity index (χ1n) is 6.21. The minimum absolute atomic E-state index is 0.273. The van der Waals surface area contributed by atoms with Crippen LogP contribution in [0, 0.1) is 5.82 Å². The molecule has 2 nitrogen and oxygen atoms in total. The van der Waals surface area contributed by atoms with Crippen molar-refractivity contribution in [3.63, 3.8) is 0 Å². The van der Waals surface area contributed by atoms with Crippen molar-refractivity contribution in [1.29, 1.82) is 0 Å². The fourth-order valence-electron chi connectivity index (χ4n) is 1.72. The van der Waals surface area contributed by atoms with E-state index in [1.165, 1.54) is 6.07 Å². The summed E-state index contributed by atoms with van der Waals surface area (Å²) in [6.07, 6.45) is 1.70. The number of hydrogen-bond donors (Lipinski definition) is 1. The summed E-state index contributed by atoms with van der Waals surface area (Å²) in [6.45, 7) is 4.63. The van der Waals surface area contributed by atoms with Crippen LogP contribution in [0.5, 0.6) is 5.75 Å². The third kappa shape index (κ3) is 3.84. The average Bonchev–Trinajstić information content (AvgIpc) is 2.46. The Morgan fingerprint density at radius 3 is 2.60 bits per heavy atom. The summed E-state index contributed by atoms with van der Waals surface area (Å²) in [5, 5.41) is 3.08. The third-order valence-electron chi connectivity index (χ3n) is 2.72. The van der Waals surface area contributed by atoms with E-state index in [1.807, 2.05) is 24.3 Å². The van der Waals surface area contributed by atoms with Crippen molar-refractivity contribution in [2.24, 2.45) is 0 Å². The number of rotatable bonds is 6. The summed E-state index contributed by atoms with van der Waals surface area (Å²) < 4.78 is 19.8. The highest BCUT2D eigenvalue weighted by Crippen LogP contribution is 2.25. The van der Waals surface area contributed by atoms with Crippen molar-refractivity contribution in [1.82, 2.24) is 0 Å². The first kappa shape index (κ1) is 14.6. The molecule has 1 N–H and O–H groups in total. The number of benzene rings is 2. The molecule has 0 unspecified atom stereocenters. The van der Waals surface area contributed by atoms with Gasteiger partial charge in [0.25, 0.3) is 0 Å². The lowest BCUT2D eigenvalue weighted by molar-refractivity contribution is 0.363. The first-order chi connectivity index (χ1) is 9.70. The highest BCUT2D eigenvalue weighted by molar-refractivity contribution is 9.10. The van der Waals surface area contributed by atoms with Gasteiger partial charge in [0.05, 0.1) is 5.69 Å². The molecule has 0 aliphatic heterocycles. The Labute approximate surface area is 126 Å². The molecule has 0 saturated carbocycles. The molecule has 0 aromatic heterocycles. The fourth-order valence-corrected chi connectivity index (χ4v) is 2.20. The van der Waals surface area contributed by atoms with Gasteiger partial charge in [-0.1, -0.05) is 30.9 Å². The van der Waals surface area contributed by atoms with Crippen LogP contribution in [-0.2, 0) is 6.54 Å². The topological polar surface area (TPSA) is 21.3 Å². The van der Waals surface area contributed by atoms with Crippen LogP contribution in [0.2, 0.25) is 0 Å². The summed E-state index contributed by atoms with van der Waals surface area (Å²) in [4.78, 5) is 0. The summed E-state index contributed by atoms with van der Waals surface area (Å²) in [5.41, 5.74) is 1.52. The minimum atomic E-state index is -0.273. The molecule has 0 aliphatic rings. The molecule has 0 atom stereocenters. The zero-order valence-electron chi connectivity index (χ0n) is 10.9. The van der Waals surface area contributed by atoms with E-state index in [9.17, 15) is 4.39 Å². The predicted octanol–water partition coefficient (Wildman–Crippen LogP) is 4.77. The number of halogens is 2. The average molecular weight is 336 g/mol. The number of nitrogens with one attached hydrogen (secondary N) is 1. The Hall–Kier alpha value is -1.81. The highest BCUT2D eigenvalue weighted by Gasteiger charge is 2.05. The molecule has 0 heterocycles.